The number of nitrogens with zero attached hydrogens (tertiary/aromatic N) is 2. The summed E-state index contributed by atoms with van der Waals surface area (Å²) in [5.74, 6) is 0.278. The van der Waals surface area contributed by atoms with Crippen molar-refractivity contribution in [2.24, 2.45) is 0 Å². The summed E-state index contributed by atoms with van der Waals surface area (Å²) in [6.45, 7) is 6.01. The molecule has 1 aromatic heterocycles. The van der Waals surface area contributed by atoms with Gasteiger partial charge in [-0.15, -0.1) is 0 Å². The van der Waals surface area contributed by atoms with Gasteiger partial charge in [0.2, 0.25) is 5.82 Å². The van der Waals surface area contributed by atoms with E-state index in [1.165, 1.54) is 6.07 Å². The lowest BCUT2D eigenvalue weighted by Crippen LogP contribution is -2.32. The van der Waals surface area contributed by atoms with Crippen molar-refractivity contribution >= 4 is 11.5 Å². The van der Waals surface area contributed by atoms with Crippen LogP contribution in [0.1, 0.15) is 19.5 Å². The molecule has 0 atom stereocenters. The third kappa shape index (κ3) is 3.67. The van der Waals surface area contributed by atoms with E-state index >= 15 is 0 Å². The minimum absolute atomic E-state index is 0.0255. The van der Waals surface area contributed by atoms with Crippen LogP contribution in [0.15, 0.2) is 12.1 Å². The molecule has 0 radical (unpaired) electrons. The van der Waals surface area contributed by atoms with Crippen LogP contribution < -0.4 is 5.32 Å². The van der Waals surface area contributed by atoms with Crippen LogP contribution in [0.4, 0.5) is 11.5 Å². The van der Waals surface area contributed by atoms with E-state index in [-0.39, 0.29) is 11.5 Å². The van der Waals surface area contributed by atoms with E-state index in [0.717, 1.165) is 5.69 Å². The number of aryl methyl sites for hydroxylation is 1. The molecule has 1 rings (SSSR count). The van der Waals surface area contributed by atoms with E-state index < -0.39 is 10.5 Å². The van der Waals surface area contributed by atoms with Crippen molar-refractivity contribution in [3.8, 4) is 0 Å². The topological polar surface area (TPSA) is 77.3 Å². The zero-order valence-corrected chi connectivity index (χ0v) is 10.5. The maximum Gasteiger partial charge on any atom is 0.311 e. The molecule has 0 saturated carbocycles. The number of rotatable bonds is 5. The Morgan fingerprint density at radius 1 is 1.53 bits per heavy atom. The molecule has 6 nitrogen and oxygen atoms in total. The van der Waals surface area contributed by atoms with Gasteiger partial charge in [-0.1, -0.05) is 0 Å². The zero-order chi connectivity index (χ0) is 13.1. The van der Waals surface area contributed by atoms with Crippen LogP contribution in [-0.2, 0) is 4.74 Å². The summed E-state index contributed by atoms with van der Waals surface area (Å²) in [5, 5.41) is 13.8. The molecule has 17 heavy (non-hydrogen) atoms. The largest absolute Gasteiger partial charge is 0.377 e. The van der Waals surface area contributed by atoms with E-state index in [4.69, 9.17) is 4.74 Å². The summed E-state index contributed by atoms with van der Waals surface area (Å²) in [6.07, 6.45) is 0. The number of nitrogens with one attached hydrogen (secondary N) is 1. The quantitative estimate of drug-likeness (QED) is 0.629. The molecule has 1 N–H and O–H groups in total. The molecule has 0 aliphatic heterocycles. The van der Waals surface area contributed by atoms with Crippen molar-refractivity contribution in [2.45, 2.75) is 26.4 Å². The van der Waals surface area contributed by atoms with E-state index in [0.29, 0.717) is 6.54 Å². The summed E-state index contributed by atoms with van der Waals surface area (Å²) in [5.41, 5.74) is 0.301. The molecule has 1 heterocycles. The fraction of sp³-hybridized carbons (Fsp3) is 0.545. The Morgan fingerprint density at radius 3 is 2.71 bits per heavy atom. The van der Waals surface area contributed by atoms with Gasteiger partial charge in [0, 0.05) is 25.4 Å². The molecule has 0 unspecified atom stereocenters. The first-order valence-corrected chi connectivity index (χ1v) is 5.27. The molecule has 0 fully saturated rings. The second kappa shape index (κ2) is 5.09. The van der Waals surface area contributed by atoms with Crippen molar-refractivity contribution in [3.63, 3.8) is 0 Å². The van der Waals surface area contributed by atoms with E-state index in [1.807, 2.05) is 13.8 Å². The van der Waals surface area contributed by atoms with Crippen molar-refractivity contribution in [2.75, 3.05) is 19.0 Å². The Morgan fingerprint density at radius 2 is 2.18 bits per heavy atom. The van der Waals surface area contributed by atoms with Gasteiger partial charge in [-0.2, -0.15) is 0 Å². The summed E-state index contributed by atoms with van der Waals surface area (Å²) < 4.78 is 5.23. The number of anilines is 1. The lowest BCUT2D eigenvalue weighted by atomic mass is 10.1. The average molecular weight is 239 g/mol. The normalized spacial score (nSPS) is 11.3. The molecular formula is C11H17N3O3. The predicted molar refractivity (Wildman–Crippen MR) is 65.2 cm³/mol. The van der Waals surface area contributed by atoms with Gasteiger partial charge in [0.25, 0.3) is 0 Å². The number of hydrogen-bond donors (Lipinski definition) is 1. The van der Waals surface area contributed by atoms with Crippen molar-refractivity contribution in [3.05, 3.63) is 27.9 Å². The second-order valence-corrected chi connectivity index (χ2v) is 4.39. The minimum atomic E-state index is -0.450. The first kappa shape index (κ1) is 13.4. The molecule has 6 heteroatoms. The molecule has 94 valence electrons. The Kier molecular flexibility index (Phi) is 4.01. The van der Waals surface area contributed by atoms with Crippen LogP contribution in [0.3, 0.4) is 0 Å². The first-order chi connectivity index (χ1) is 7.85. The number of nitro groups is 1. The summed E-state index contributed by atoms with van der Waals surface area (Å²) >= 11 is 0. The van der Waals surface area contributed by atoms with E-state index in [2.05, 4.69) is 10.3 Å². The fourth-order valence-corrected chi connectivity index (χ4v) is 1.20. The number of methoxy groups -OCH3 is 1. The van der Waals surface area contributed by atoms with Gasteiger partial charge in [-0.05, 0) is 26.8 Å². The second-order valence-electron chi connectivity index (χ2n) is 4.39. The highest BCUT2D eigenvalue weighted by Gasteiger charge is 2.20. The van der Waals surface area contributed by atoms with Crippen molar-refractivity contribution in [1.82, 2.24) is 4.98 Å². The minimum Gasteiger partial charge on any atom is -0.377 e. The molecule has 0 saturated heterocycles. The Labute approximate surface area is 100 Å². The van der Waals surface area contributed by atoms with Crippen molar-refractivity contribution in [1.29, 1.82) is 0 Å². The van der Waals surface area contributed by atoms with Crippen LogP contribution in [-0.4, -0.2) is 29.2 Å². The molecule has 0 aliphatic rings. The standard InChI is InChI=1S/C11H17N3O3/c1-8-5-6-9(14(15)16)10(13-8)12-7-11(2,3)17-4/h5-6H,7H2,1-4H3,(H,12,13). The Hall–Kier alpha value is -1.69. The van der Waals surface area contributed by atoms with Gasteiger partial charge in [0.05, 0.1) is 10.5 Å². The SMILES string of the molecule is COC(C)(C)CNc1nc(C)ccc1[N+](=O)[O-]. The maximum atomic E-state index is 10.8. The molecule has 0 bridgehead atoms. The first-order valence-electron chi connectivity index (χ1n) is 5.27. The van der Waals surface area contributed by atoms with Gasteiger partial charge in [0.15, 0.2) is 0 Å². The molecule has 0 aliphatic carbocycles. The highest BCUT2D eigenvalue weighted by molar-refractivity contribution is 5.56. The molecule has 0 aromatic carbocycles. The Balaban J connectivity index is 2.89. The fourth-order valence-electron chi connectivity index (χ4n) is 1.20. The molecule has 1 aromatic rings. The third-order valence-corrected chi connectivity index (χ3v) is 2.44. The van der Waals surface area contributed by atoms with Crippen LogP contribution >= 0.6 is 0 Å². The monoisotopic (exact) mass is 239 g/mol. The van der Waals surface area contributed by atoms with Gasteiger partial charge >= 0.3 is 5.69 Å². The summed E-state index contributed by atoms with van der Waals surface area (Å²) in [7, 11) is 1.60. The lowest BCUT2D eigenvalue weighted by Gasteiger charge is -2.23. The lowest BCUT2D eigenvalue weighted by molar-refractivity contribution is -0.384. The zero-order valence-electron chi connectivity index (χ0n) is 10.5. The highest BCUT2D eigenvalue weighted by atomic mass is 16.6. The average Bonchev–Trinajstić information content (AvgIpc) is 2.26. The number of hydrogen-bond acceptors (Lipinski definition) is 5. The van der Waals surface area contributed by atoms with E-state index in [9.17, 15) is 10.1 Å². The van der Waals surface area contributed by atoms with Gasteiger partial charge in [0.1, 0.15) is 0 Å². The van der Waals surface area contributed by atoms with Crippen LogP contribution in [0, 0.1) is 17.0 Å². The number of ether oxygens (including phenoxy) is 1. The van der Waals surface area contributed by atoms with Crippen LogP contribution in [0.25, 0.3) is 0 Å². The summed E-state index contributed by atoms with van der Waals surface area (Å²) in [6, 6.07) is 3.06. The van der Waals surface area contributed by atoms with Gasteiger partial charge in [-0.25, -0.2) is 4.98 Å². The maximum absolute atomic E-state index is 10.8. The Bertz CT molecular complexity index is 418. The van der Waals surface area contributed by atoms with Crippen LogP contribution in [0.2, 0.25) is 0 Å². The number of pyridine rings is 1. The van der Waals surface area contributed by atoms with E-state index in [1.54, 1.807) is 20.1 Å². The van der Waals surface area contributed by atoms with Gasteiger partial charge < -0.3 is 10.1 Å². The number of aromatic nitrogens is 1. The third-order valence-electron chi connectivity index (χ3n) is 2.44. The predicted octanol–water partition coefficient (Wildman–Crippen LogP) is 2.14. The van der Waals surface area contributed by atoms with Crippen molar-refractivity contribution < 1.29 is 9.66 Å². The highest BCUT2D eigenvalue weighted by Crippen LogP contribution is 2.22. The summed E-state index contributed by atoms with van der Waals surface area (Å²) in [4.78, 5) is 14.5. The smallest absolute Gasteiger partial charge is 0.311 e. The molecular weight excluding hydrogens is 222 g/mol. The molecule has 0 spiro atoms. The van der Waals surface area contributed by atoms with Crippen LogP contribution in [0.5, 0.6) is 0 Å². The molecule has 0 amide bonds. The van der Waals surface area contributed by atoms with Gasteiger partial charge in [-0.3, -0.25) is 10.1 Å².